The molecule has 1 aliphatic heterocycles. The number of aliphatic hydroxyl groups excluding tert-OH is 1. The van der Waals surface area contributed by atoms with Gasteiger partial charge in [0.1, 0.15) is 0 Å². The first-order valence-corrected chi connectivity index (χ1v) is 4.32. The third kappa shape index (κ3) is 1.50. The molecule has 1 N–H and O–H groups in total. The molecule has 0 bridgehead atoms. The van der Waals surface area contributed by atoms with Crippen molar-refractivity contribution in [3.63, 3.8) is 0 Å². The normalized spacial score (nSPS) is 34.2. The molecule has 2 unspecified atom stereocenters. The van der Waals surface area contributed by atoms with E-state index in [0.29, 0.717) is 0 Å². The van der Waals surface area contributed by atoms with Crippen molar-refractivity contribution in [3.8, 4) is 0 Å². The van der Waals surface area contributed by atoms with Crippen LogP contribution in [0.15, 0.2) is 0 Å². The molecule has 76 valence electrons. The molecule has 1 saturated heterocycles. The van der Waals surface area contributed by atoms with E-state index < -0.39 is 17.9 Å². The van der Waals surface area contributed by atoms with Crippen molar-refractivity contribution in [3.05, 3.63) is 0 Å². The molecule has 4 heteroatoms. The van der Waals surface area contributed by atoms with Crippen LogP contribution < -0.4 is 0 Å². The second-order valence-electron chi connectivity index (χ2n) is 4.50. The van der Waals surface area contributed by atoms with E-state index in [9.17, 15) is 4.79 Å². The Bertz CT molecular complexity index is 218. The van der Waals surface area contributed by atoms with Crippen molar-refractivity contribution in [2.45, 2.75) is 39.4 Å². The zero-order valence-corrected chi connectivity index (χ0v) is 8.46. The van der Waals surface area contributed by atoms with Gasteiger partial charge < -0.3 is 14.6 Å². The summed E-state index contributed by atoms with van der Waals surface area (Å²) in [5.41, 5.74) is -1.01. The van der Waals surface area contributed by atoms with Gasteiger partial charge in [-0.15, -0.1) is 0 Å². The summed E-state index contributed by atoms with van der Waals surface area (Å²) in [6, 6.07) is 0. The van der Waals surface area contributed by atoms with Crippen LogP contribution in [0.3, 0.4) is 0 Å². The molecule has 0 amide bonds. The Labute approximate surface area is 77.8 Å². The lowest BCUT2D eigenvalue weighted by Gasteiger charge is -2.38. The van der Waals surface area contributed by atoms with E-state index in [1.807, 2.05) is 20.8 Å². The maximum Gasteiger partial charge on any atom is 0.509 e. The van der Waals surface area contributed by atoms with Crippen LogP contribution in [-0.2, 0) is 9.47 Å². The van der Waals surface area contributed by atoms with Gasteiger partial charge in [-0.3, -0.25) is 0 Å². The second-order valence-corrected chi connectivity index (χ2v) is 4.50. The minimum absolute atomic E-state index is 0.209. The Hall–Kier alpha value is -0.770. The second kappa shape index (κ2) is 2.87. The van der Waals surface area contributed by atoms with E-state index >= 15 is 0 Å². The number of aliphatic hydroxyl groups is 1. The molecule has 0 aromatic heterocycles. The number of carbonyl (C=O) groups excluding carboxylic acids is 1. The summed E-state index contributed by atoms with van der Waals surface area (Å²) in [4.78, 5) is 10.9. The average molecular weight is 188 g/mol. The molecule has 1 fully saturated rings. The minimum Gasteiger partial charge on any atom is -0.424 e. The van der Waals surface area contributed by atoms with Gasteiger partial charge in [0.2, 0.25) is 0 Å². The van der Waals surface area contributed by atoms with Crippen molar-refractivity contribution in [1.29, 1.82) is 0 Å². The summed E-state index contributed by atoms with van der Waals surface area (Å²) in [5.74, 6) is 0. The number of hydrogen-bond donors (Lipinski definition) is 1. The fraction of sp³-hybridized carbons (Fsp3) is 0.889. The molecule has 13 heavy (non-hydrogen) atoms. The summed E-state index contributed by atoms with van der Waals surface area (Å²) in [7, 11) is 0. The van der Waals surface area contributed by atoms with Crippen LogP contribution in [0.25, 0.3) is 0 Å². The smallest absolute Gasteiger partial charge is 0.424 e. The number of carbonyl (C=O) groups is 1. The van der Waals surface area contributed by atoms with E-state index in [1.54, 1.807) is 6.92 Å². The quantitative estimate of drug-likeness (QED) is 0.630. The van der Waals surface area contributed by atoms with Crippen molar-refractivity contribution in [1.82, 2.24) is 0 Å². The summed E-state index contributed by atoms with van der Waals surface area (Å²) in [6.07, 6.45) is -1.27. The zero-order chi connectivity index (χ0) is 10.3. The fourth-order valence-corrected chi connectivity index (χ4v) is 1.34. The molecule has 0 spiro atoms. The van der Waals surface area contributed by atoms with Crippen LogP contribution in [0.1, 0.15) is 27.7 Å². The van der Waals surface area contributed by atoms with Gasteiger partial charge in [-0.25, -0.2) is 4.79 Å². The molecule has 0 aliphatic carbocycles. The predicted octanol–water partition coefficient (Wildman–Crippen LogP) is 1.32. The SMILES string of the molecule is CC(C)(C)C1(C)OC(=O)OC1CO. The lowest BCUT2D eigenvalue weighted by Crippen LogP contribution is -2.49. The van der Waals surface area contributed by atoms with Gasteiger partial charge >= 0.3 is 6.16 Å². The Morgan fingerprint density at radius 2 is 2.08 bits per heavy atom. The van der Waals surface area contributed by atoms with Crippen LogP contribution in [0.2, 0.25) is 0 Å². The van der Waals surface area contributed by atoms with Crippen LogP contribution in [0, 0.1) is 5.41 Å². The zero-order valence-electron chi connectivity index (χ0n) is 8.46. The maximum atomic E-state index is 10.9. The van der Waals surface area contributed by atoms with Crippen molar-refractivity contribution >= 4 is 6.16 Å². The van der Waals surface area contributed by atoms with Crippen LogP contribution in [-0.4, -0.2) is 29.6 Å². The first-order chi connectivity index (χ1) is 5.81. The van der Waals surface area contributed by atoms with Gasteiger partial charge in [-0.05, 0) is 6.92 Å². The van der Waals surface area contributed by atoms with E-state index in [1.165, 1.54) is 0 Å². The number of hydrogen-bond acceptors (Lipinski definition) is 4. The molecule has 0 radical (unpaired) electrons. The number of cyclic esters (lactones) is 2. The molecule has 2 atom stereocenters. The highest BCUT2D eigenvalue weighted by Gasteiger charge is 2.54. The summed E-state index contributed by atoms with van der Waals surface area (Å²) < 4.78 is 9.94. The lowest BCUT2D eigenvalue weighted by molar-refractivity contribution is -0.0619. The van der Waals surface area contributed by atoms with Gasteiger partial charge in [0.15, 0.2) is 11.7 Å². The first kappa shape index (κ1) is 10.3. The molecule has 4 nitrogen and oxygen atoms in total. The molecule has 1 heterocycles. The van der Waals surface area contributed by atoms with Crippen LogP contribution in [0.5, 0.6) is 0 Å². The Morgan fingerprint density at radius 3 is 2.38 bits per heavy atom. The third-order valence-electron chi connectivity index (χ3n) is 2.80. The van der Waals surface area contributed by atoms with Gasteiger partial charge in [-0.2, -0.15) is 0 Å². The predicted molar refractivity (Wildman–Crippen MR) is 46.3 cm³/mol. The summed E-state index contributed by atoms with van der Waals surface area (Å²) in [6.45, 7) is 7.39. The standard InChI is InChI=1S/C9H16O4/c1-8(2,3)9(4)6(5-10)12-7(11)13-9/h6,10H,5H2,1-4H3. The Kier molecular flexibility index (Phi) is 2.28. The summed E-state index contributed by atoms with van der Waals surface area (Å²) >= 11 is 0. The topological polar surface area (TPSA) is 55.8 Å². The molecule has 1 rings (SSSR count). The molecular formula is C9H16O4. The van der Waals surface area contributed by atoms with E-state index in [-0.39, 0.29) is 12.0 Å². The minimum atomic E-state index is -0.751. The first-order valence-electron chi connectivity index (χ1n) is 4.32. The van der Waals surface area contributed by atoms with Gasteiger partial charge in [0, 0.05) is 5.41 Å². The van der Waals surface area contributed by atoms with Gasteiger partial charge in [-0.1, -0.05) is 20.8 Å². The summed E-state index contributed by atoms with van der Waals surface area (Å²) in [5, 5.41) is 9.03. The molecule has 0 aromatic rings. The van der Waals surface area contributed by atoms with E-state index in [0.717, 1.165) is 0 Å². The highest BCUT2D eigenvalue weighted by molar-refractivity contribution is 5.63. The van der Waals surface area contributed by atoms with Crippen LogP contribution >= 0.6 is 0 Å². The highest BCUT2D eigenvalue weighted by atomic mass is 16.8. The van der Waals surface area contributed by atoms with Crippen LogP contribution in [0.4, 0.5) is 4.79 Å². The lowest BCUT2D eigenvalue weighted by atomic mass is 9.74. The number of ether oxygens (including phenoxy) is 2. The van der Waals surface area contributed by atoms with Crippen molar-refractivity contribution in [2.75, 3.05) is 6.61 Å². The molecule has 0 aromatic carbocycles. The van der Waals surface area contributed by atoms with E-state index in [2.05, 4.69) is 0 Å². The Balaban J connectivity index is 2.94. The fourth-order valence-electron chi connectivity index (χ4n) is 1.34. The van der Waals surface area contributed by atoms with Gasteiger partial charge in [0.05, 0.1) is 6.61 Å². The van der Waals surface area contributed by atoms with E-state index in [4.69, 9.17) is 14.6 Å². The monoisotopic (exact) mass is 188 g/mol. The van der Waals surface area contributed by atoms with Crippen molar-refractivity contribution in [2.24, 2.45) is 5.41 Å². The van der Waals surface area contributed by atoms with Crippen molar-refractivity contribution < 1.29 is 19.4 Å². The maximum absolute atomic E-state index is 10.9. The number of rotatable bonds is 1. The van der Waals surface area contributed by atoms with Gasteiger partial charge in [0.25, 0.3) is 0 Å². The molecular weight excluding hydrogens is 172 g/mol. The highest BCUT2D eigenvalue weighted by Crippen LogP contribution is 2.41. The molecule has 0 saturated carbocycles. The molecule has 1 aliphatic rings. The third-order valence-corrected chi connectivity index (χ3v) is 2.80. The average Bonchev–Trinajstić information content (AvgIpc) is 2.25. The Morgan fingerprint density at radius 1 is 1.54 bits per heavy atom. The largest absolute Gasteiger partial charge is 0.509 e.